The molecule has 1 aliphatic rings. The molecule has 17 heavy (non-hydrogen) atoms. The van der Waals surface area contributed by atoms with E-state index in [0.717, 1.165) is 24.2 Å². The molecule has 0 aromatic heterocycles. The second-order valence-corrected chi connectivity index (χ2v) is 5.36. The highest BCUT2D eigenvalue weighted by molar-refractivity contribution is 9.10. The average Bonchev–Trinajstić information content (AvgIpc) is 2.32. The lowest BCUT2D eigenvalue weighted by Gasteiger charge is -2.39. The van der Waals surface area contributed by atoms with Crippen LogP contribution in [0, 0.1) is 0 Å². The number of halogens is 1. The van der Waals surface area contributed by atoms with E-state index in [9.17, 15) is 0 Å². The molecule has 1 saturated heterocycles. The molecular weight excluding hydrogens is 280 g/mol. The summed E-state index contributed by atoms with van der Waals surface area (Å²) in [7, 11) is 4.13. The van der Waals surface area contributed by atoms with Crippen molar-refractivity contribution in [1.82, 2.24) is 10.2 Å². The first-order chi connectivity index (χ1) is 8.22. The summed E-state index contributed by atoms with van der Waals surface area (Å²) in [4.78, 5) is 2.37. The summed E-state index contributed by atoms with van der Waals surface area (Å²) in [5, 5.41) is 3.21. The molecule has 1 aromatic rings. The minimum absolute atomic E-state index is 0.222. The van der Waals surface area contributed by atoms with E-state index in [0.29, 0.717) is 6.04 Å². The third-order valence-electron chi connectivity index (χ3n) is 3.22. The van der Waals surface area contributed by atoms with Gasteiger partial charge in [0.25, 0.3) is 0 Å². The van der Waals surface area contributed by atoms with Gasteiger partial charge >= 0.3 is 0 Å². The number of morpholine rings is 1. The minimum Gasteiger partial charge on any atom is -0.374 e. The van der Waals surface area contributed by atoms with Crippen LogP contribution in [0.1, 0.15) is 11.6 Å². The molecule has 0 bridgehead atoms. The summed E-state index contributed by atoms with van der Waals surface area (Å²) in [5.74, 6) is 0. The average molecular weight is 299 g/mol. The summed E-state index contributed by atoms with van der Waals surface area (Å²) in [5.41, 5.74) is 1.32. The SMILES string of the molecule is CNCC1OCCN(C)C1c1ccc(Br)cc1. The van der Waals surface area contributed by atoms with Gasteiger partial charge in [-0.3, -0.25) is 4.90 Å². The van der Waals surface area contributed by atoms with Crippen molar-refractivity contribution in [2.45, 2.75) is 12.1 Å². The smallest absolute Gasteiger partial charge is 0.0896 e. The van der Waals surface area contributed by atoms with Gasteiger partial charge in [0.1, 0.15) is 0 Å². The van der Waals surface area contributed by atoms with Crippen molar-refractivity contribution in [3.63, 3.8) is 0 Å². The Morgan fingerprint density at radius 2 is 2.12 bits per heavy atom. The molecule has 0 spiro atoms. The monoisotopic (exact) mass is 298 g/mol. The van der Waals surface area contributed by atoms with Gasteiger partial charge in [-0.25, -0.2) is 0 Å². The van der Waals surface area contributed by atoms with Crippen molar-refractivity contribution in [3.05, 3.63) is 34.3 Å². The van der Waals surface area contributed by atoms with Crippen LogP contribution in [0.3, 0.4) is 0 Å². The maximum Gasteiger partial charge on any atom is 0.0896 e. The Balaban J connectivity index is 2.21. The van der Waals surface area contributed by atoms with Gasteiger partial charge in [-0.2, -0.15) is 0 Å². The second-order valence-electron chi connectivity index (χ2n) is 4.44. The zero-order chi connectivity index (χ0) is 12.3. The lowest BCUT2D eigenvalue weighted by Crippen LogP contribution is -2.46. The van der Waals surface area contributed by atoms with Gasteiger partial charge in [-0.05, 0) is 31.8 Å². The summed E-state index contributed by atoms with van der Waals surface area (Å²) in [6, 6.07) is 8.86. The Bertz CT molecular complexity index is 353. The van der Waals surface area contributed by atoms with Gasteiger partial charge in [-0.15, -0.1) is 0 Å². The predicted molar refractivity (Wildman–Crippen MR) is 73.2 cm³/mol. The van der Waals surface area contributed by atoms with Crippen molar-refractivity contribution >= 4 is 15.9 Å². The van der Waals surface area contributed by atoms with Crippen molar-refractivity contribution in [3.8, 4) is 0 Å². The molecule has 1 aromatic carbocycles. The maximum atomic E-state index is 5.87. The van der Waals surface area contributed by atoms with Gasteiger partial charge in [0.15, 0.2) is 0 Å². The van der Waals surface area contributed by atoms with E-state index in [4.69, 9.17) is 4.74 Å². The number of likely N-dealkylation sites (N-methyl/N-ethyl adjacent to an activating group) is 2. The lowest BCUT2D eigenvalue weighted by atomic mass is 9.98. The molecule has 1 fully saturated rings. The Hall–Kier alpha value is -0.420. The van der Waals surface area contributed by atoms with E-state index >= 15 is 0 Å². The molecule has 94 valence electrons. The normalized spacial score (nSPS) is 26.1. The molecule has 2 atom stereocenters. The van der Waals surface area contributed by atoms with Gasteiger partial charge < -0.3 is 10.1 Å². The Morgan fingerprint density at radius 1 is 1.41 bits per heavy atom. The largest absolute Gasteiger partial charge is 0.374 e. The Labute approximate surface area is 111 Å². The van der Waals surface area contributed by atoms with Crippen LogP contribution in [0.25, 0.3) is 0 Å². The van der Waals surface area contributed by atoms with Gasteiger partial charge in [0.05, 0.1) is 18.8 Å². The van der Waals surface area contributed by atoms with Crippen molar-refractivity contribution < 1.29 is 4.74 Å². The molecule has 4 heteroatoms. The topological polar surface area (TPSA) is 24.5 Å². The third-order valence-corrected chi connectivity index (χ3v) is 3.75. The standard InChI is InChI=1S/C13H19BrN2O/c1-15-9-12-13(16(2)7-8-17-12)10-3-5-11(14)6-4-10/h3-6,12-13,15H,7-9H2,1-2H3. The first-order valence-electron chi connectivity index (χ1n) is 5.94. The first-order valence-corrected chi connectivity index (χ1v) is 6.73. The predicted octanol–water partition coefficient (Wildman–Crippen LogP) is 2.04. The van der Waals surface area contributed by atoms with Crippen LogP contribution in [0.5, 0.6) is 0 Å². The van der Waals surface area contributed by atoms with Crippen LogP contribution >= 0.6 is 15.9 Å². The van der Waals surface area contributed by atoms with Crippen LogP contribution < -0.4 is 5.32 Å². The number of nitrogens with zero attached hydrogens (tertiary/aromatic N) is 1. The summed E-state index contributed by atoms with van der Waals surface area (Å²) < 4.78 is 6.99. The van der Waals surface area contributed by atoms with Crippen molar-refractivity contribution in [2.75, 3.05) is 33.8 Å². The first kappa shape index (κ1) is 13.0. The molecule has 1 N–H and O–H groups in total. The summed E-state index contributed by atoms with van der Waals surface area (Å²) >= 11 is 3.47. The highest BCUT2D eigenvalue weighted by Gasteiger charge is 2.30. The molecule has 2 unspecified atom stereocenters. The molecule has 1 heterocycles. The van der Waals surface area contributed by atoms with Crippen LogP contribution in [0.4, 0.5) is 0 Å². The van der Waals surface area contributed by atoms with Crippen LogP contribution in [-0.2, 0) is 4.74 Å². The molecule has 0 radical (unpaired) electrons. The summed E-state index contributed by atoms with van der Waals surface area (Å²) in [6.07, 6.45) is 0.222. The maximum absolute atomic E-state index is 5.87. The van der Waals surface area contributed by atoms with E-state index in [1.54, 1.807) is 0 Å². The van der Waals surface area contributed by atoms with Crippen molar-refractivity contribution in [2.24, 2.45) is 0 Å². The van der Waals surface area contributed by atoms with E-state index in [-0.39, 0.29) is 6.10 Å². The van der Waals surface area contributed by atoms with Crippen LogP contribution in [-0.4, -0.2) is 44.8 Å². The Kier molecular flexibility index (Phi) is 4.56. The Morgan fingerprint density at radius 3 is 2.76 bits per heavy atom. The van der Waals surface area contributed by atoms with Gasteiger partial charge in [-0.1, -0.05) is 28.1 Å². The number of benzene rings is 1. The third kappa shape index (κ3) is 3.07. The molecule has 0 aliphatic carbocycles. The molecule has 2 rings (SSSR count). The van der Waals surface area contributed by atoms with E-state index in [2.05, 4.69) is 57.5 Å². The fourth-order valence-electron chi connectivity index (χ4n) is 2.36. The minimum atomic E-state index is 0.222. The molecule has 3 nitrogen and oxygen atoms in total. The van der Waals surface area contributed by atoms with Crippen LogP contribution in [0.2, 0.25) is 0 Å². The van der Waals surface area contributed by atoms with E-state index < -0.39 is 0 Å². The number of rotatable bonds is 3. The van der Waals surface area contributed by atoms with Gasteiger partial charge in [0.2, 0.25) is 0 Å². The fourth-order valence-corrected chi connectivity index (χ4v) is 2.63. The fraction of sp³-hybridized carbons (Fsp3) is 0.538. The zero-order valence-electron chi connectivity index (χ0n) is 10.3. The highest BCUT2D eigenvalue weighted by atomic mass is 79.9. The molecule has 1 aliphatic heterocycles. The molecule has 0 amide bonds. The van der Waals surface area contributed by atoms with E-state index in [1.165, 1.54) is 5.56 Å². The number of nitrogens with one attached hydrogen (secondary N) is 1. The number of ether oxygens (including phenoxy) is 1. The van der Waals surface area contributed by atoms with Crippen LogP contribution in [0.15, 0.2) is 28.7 Å². The molecular formula is C13H19BrN2O. The number of hydrogen-bond acceptors (Lipinski definition) is 3. The summed E-state index contributed by atoms with van der Waals surface area (Å²) in [6.45, 7) is 2.68. The van der Waals surface area contributed by atoms with Crippen molar-refractivity contribution in [1.29, 1.82) is 0 Å². The highest BCUT2D eigenvalue weighted by Crippen LogP contribution is 2.28. The number of hydrogen-bond donors (Lipinski definition) is 1. The molecule has 0 saturated carbocycles. The second kappa shape index (κ2) is 5.96. The van der Waals surface area contributed by atoms with E-state index in [1.807, 2.05) is 7.05 Å². The quantitative estimate of drug-likeness (QED) is 0.924. The lowest BCUT2D eigenvalue weighted by molar-refractivity contribution is -0.0606. The van der Waals surface area contributed by atoms with Gasteiger partial charge in [0, 0.05) is 17.6 Å². The zero-order valence-corrected chi connectivity index (χ0v) is 11.9.